The summed E-state index contributed by atoms with van der Waals surface area (Å²) in [7, 11) is 0. The maximum Gasteiger partial charge on any atom is 0.134 e. The van der Waals surface area contributed by atoms with Crippen LogP contribution < -0.4 is 5.32 Å². The summed E-state index contributed by atoms with van der Waals surface area (Å²) in [6.45, 7) is 12.9. The van der Waals surface area contributed by atoms with Crippen molar-refractivity contribution >= 4 is 5.82 Å². The van der Waals surface area contributed by atoms with Crippen molar-refractivity contribution in [2.24, 2.45) is 0 Å². The Kier molecular flexibility index (Phi) is 3.12. The molecule has 2 heterocycles. The van der Waals surface area contributed by atoms with Gasteiger partial charge in [-0.2, -0.15) is 0 Å². The number of anilines is 1. The van der Waals surface area contributed by atoms with Crippen molar-refractivity contribution in [2.45, 2.75) is 39.5 Å². The third-order valence-electron chi connectivity index (χ3n) is 4.63. The number of rotatable bonds is 2. The SMILES string of the molecule is C=C1Nc2nc(C)ccc2C1(C)c1cc(C)ccc1CC. The predicted octanol–water partition coefficient (Wildman–Crippen LogP) is 4.51. The van der Waals surface area contributed by atoms with E-state index in [0.717, 1.165) is 23.6 Å². The van der Waals surface area contributed by atoms with Crippen LogP contribution in [0.3, 0.4) is 0 Å². The normalized spacial score (nSPS) is 20.3. The van der Waals surface area contributed by atoms with Crippen molar-refractivity contribution in [1.82, 2.24) is 4.98 Å². The Labute approximate surface area is 126 Å². The first-order valence-corrected chi connectivity index (χ1v) is 7.51. The number of hydrogen-bond acceptors (Lipinski definition) is 2. The molecule has 2 aromatic rings. The van der Waals surface area contributed by atoms with Crippen LogP contribution in [0.1, 0.15) is 41.8 Å². The minimum atomic E-state index is -0.215. The van der Waals surface area contributed by atoms with Crippen molar-refractivity contribution in [2.75, 3.05) is 5.32 Å². The van der Waals surface area contributed by atoms with Gasteiger partial charge in [0.1, 0.15) is 5.82 Å². The molecule has 0 fully saturated rings. The second-order valence-electron chi connectivity index (χ2n) is 6.09. The van der Waals surface area contributed by atoms with E-state index in [1.54, 1.807) is 0 Å². The summed E-state index contributed by atoms with van der Waals surface area (Å²) in [5, 5.41) is 3.39. The molecule has 0 amide bonds. The number of hydrogen-bond donors (Lipinski definition) is 1. The number of fused-ring (bicyclic) bond motifs is 1. The van der Waals surface area contributed by atoms with Crippen LogP contribution in [-0.2, 0) is 11.8 Å². The third kappa shape index (κ3) is 1.98. The standard InChI is InChI=1S/C19H22N2/c1-6-15-9-7-12(2)11-17(15)19(5)14(4)21-18-16(19)10-8-13(3)20-18/h7-11H,4,6H2,1-3,5H3,(H,20,21). The van der Waals surface area contributed by atoms with E-state index >= 15 is 0 Å². The molecule has 1 unspecified atom stereocenters. The van der Waals surface area contributed by atoms with Crippen LogP contribution in [0.2, 0.25) is 0 Å². The largest absolute Gasteiger partial charge is 0.343 e. The highest BCUT2D eigenvalue weighted by Gasteiger charge is 2.41. The lowest BCUT2D eigenvalue weighted by Crippen LogP contribution is -2.25. The Hall–Kier alpha value is -2.09. The zero-order valence-electron chi connectivity index (χ0n) is 13.2. The van der Waals surface area contributed by atoms with E-state index in [-0.39, 0.29) is 5.41 Å². The first-order valence-electron chi connectivity index (χ1n) is 7.51. The minimum Gasteiger partial charge on any atom is -0.343 e. The van der Waals surface area contributed by atoms with Crippen molar-refractivity contribution in [3.05, 3.63) is 70.6 Å². The molecule has 1 aromatic heterocycles. The molecule has 21 heavy (non-hydrogen) atoms. The summed E-state index contributed by atoms with van der Waals surface area (Å²) in [6.07, 6.45) is 1.02. The van der Waals surface area contributed by atoms with Gasteiger partial charge in [-0.25, -0.2) is 4.98 Å². The summed E-state index contributed by atoms with van der Waals surface area (Å²) >= 11 is 0. The van der Waals surface area contributed by atoms with Gasteiger partial charge in [0.2, 0.25) is 0 Å². The summed E-state index contributed by atoms with van der Waals surface area (Å²) in [4.78, 5) is 4.63. The molecule has 0 saturated carbocycles. The molecule has 2 nitrogen and oxygen atoms in total. The Morgan fingerprint density at radius 1 is 1.14 bits per heavy atom. The molecule has 2 heteroatoms. The Morgan fingerprint density at radius 3 is 2.62 bits per heavy atom. The van der Waals surface area contributed by atoms with Gasteiger partial charge in [0.05, 0.1) is 5.41 Å². The topological polar surface area (TPSA) is 24.9 Å². The second kappa shape index (κ2) is 4.73. The molecule has 3 rings (SSSR count). The quantitative estimate of drug-likeness (QED) is 0.874. The van der Waals surface area contributed by atoms with Gasteiger partial charge in [-0.05, 0) is 44.4 Å². The molecule has 0 spiro atoms. The Morgan fingerprint density at radius 2 is 1.90 bits per heavy atom. The van der Waals surface area contributed by atoms with Gasteiger partial charge in [-0.15, -0.1) is 0 Å². The average molecular weight is 278 g/mol. The molecule has 1 atom stereocenters. The maximum atomic E-state index is 4.63. The number of benzene rings is 1. The van der Waals surface area contributed by atoms with Gasteiger partial charge in [-0.1, -0.05) is 43.3 Å². The van der Waals surface area contributed by atoms with Gasteiger partial charge >= 0.3 is 0 Å². The highest BCUT2D eigenvalue weighted by atomic mass is 15.0. The number of pyridine rings is 1. The highest BCUT2D eigenvalue weighted by molar-refractivity contribution is 5.69. The number of nitrogens with zero attached hydrogens (tertiary/aromatic N) is 1. The van der Waals surface area contributed by atoms with Gasteiger partial charge in [-0.3, -0.25) is 0 Å². The van der Waals surface area contributed by atoms with Crippen molar-refractivity contribution < 1.29 is 0 Å². The van der Waals surface area contributed by atoms with Crippen molar-refractivity contribution in [3.63, 3.8) is 0 Å². The number of aryl methyl sites for hydroxylation is 3. The second-order valence-corrected chi connectivity index (χ2v) is 6.09. The van der Waals surface area contributed by atoms with E-state index < -0.39 is 0 Å². The fourth-order valence-electron chi connectivity index (χ4n) is 3.26. The zero-order valence-corrected chi connectivity index (χ0v) is 13.2. The molecule has 1 aromatic carbocycles. The molecule has 0 aliphatic carbocycles. The van der Waals surface area contributed by atoms with E-state index in [0.29, 0.717) is 0 Å². The summed E-state index contributed by atoms with van der Waals surface area (Å²) in [5.74, 6) is 0.950. The molecule has 0 bridgehead atoms. The first-order chi connectivity index (χ1) is 9.96. The molecule has 1 N–H and O–H groups in total. The molecule has 0 radical (unpaired) electrons. The monoisotopic (exact) mass is 278 g/mol. The van der Waals surface area contributed by atoms with Crippen LogP contribution in [0.25, 0.3) is 0 Å². The summed E-state index contributed by atoms with van der Waals surface area (Å²) in [5.41, 5.74) is 7.04. The Bertz CT molecular complexity index is 730. The van der Waals surface area contributed by atoms with Crippen LogP contribution >= 0.6 is 0 Å². The Balaban J connectivity index is 2.27. The molecule has 0 saturated heterocycles. The average Bonchev–Trinajstić information content (AvgIpc) is 2.70. The number of allylic oxidation sites excluding steroid dienone is 1. The van der Waals surface area contributed by atoms with Crippen LogP contribution in [0.15, 0.2) is 42.6 Å². The molecule has 1 aliphatic rings. The molecule has 1 aliphatic heterocycles. The molecular formula is C19H22N2. The van der Waals surface area contributed by atoms with Crippen molar-refractivity contribution in [3.8, 4) is 0 Å². The van der Waals surface area contributed by atoms with Gasteiger partial charge in [0.15, 0.2) is 0 Å². The van der Waals surface area contributed by atoms with Crippen LogP contribution in [-0.4, -0.2) is 4.98 Å². The fourth-order valence-corrected chi connectivity index (χ4v) is 3.26. The predicted molar refractivity (Wildman–Crippen MR) is 88.7 cm³/mol. The highest BCUT2D eigenvalue weighted by Crippen LogP contribution is 2.47. The van der Waals surface area contributed by atoms with E-state index in [1.807, 2.05) is 6.92 Å². The van der Waals surface area contributed by atoms with Crippen molar-refractivity contribution in [1.29, 1.82) is 0 Å². The maximum absolute atomic E-state index is 4.63. The van der Waals surface area contributed by atoms with Crippen LogP contribution in [0.5, 0.6) is 0 Å². The lowest BCUT2D eigenvalue weighted by atomic mass is 9.73. The van der Waals surface area contributed by atoms with Gasteiger partial charge in [0, 0.05) is 17.0 Å². The van der Waals surface area contributed by atoms with Crippen LogP contribution in [0, 0.1) is 13.8 Å². The minimum absolute atomic E-state index is 0.215. The smallest absolute Gasteiger partial charge is 0.134 e. The van der Waals surface area contributed by atoms with E-state index in [2.05, 4.69) is 68.0 Å². The lowest BCUT2D eigenvalue weighted by Gasteiger charge is -2.29. The zero-order chi connectivity index (χ0) is 15.2. The summed E-state index contributed by atoms with van der Waals surface area (Å²) < 4.78 is 0. The van der Waals surface area contributed by atoms with Gasteiger partial charge < -0.3 is 5.32 Å². The first kappa shape index (κ1) is 13.9. The van der Waals surface area contributed by atoms with Crippen LogP contribution in [0.4, 0.5) is 5.82 Å². The lowest BCUT2D eigenvalue weighted by molar-refractivity contribution is 0.697. The molecular weight excluding hydrogens is 256 g/mol. The molecule has 108 valence electrons. The fraction of sp³-hybridized carbons (Fsp3) is 0.316. The van der Waals surface area contributed by atoms with E-state index in [9.17, 15) is 0 Å². The third-order valence-corrected chi connectivity index (χ3v) is 4.63. The van der Waals surface area contributed by atoms with E-state index in [4.69, 9.17) is 0 Å². The van der Waals surface area contributed by atoms with E-state index in [1.165, 1.54) is 22.3 Å². The summed E-state index contributed by atoms with van der Waals surface area (Å²) in [6, 6.07) is 11.0. The number of aromatic nitrogens is 1. The number of nitrogens with one attached hydrogen (secondary N) is 1. The van der Waals surface area contributed by atoms with Gasteiger partial charge in [0.25, 0.3) is 0 Å².